The molecule has 8 heavy (non-hydrogen) atoms. The number of rotatable bonds is 1. The van der Waals surface area contributed by atoms with Gasteiger partial charge in [-0.3, -0.25) is 0 Å². The minimum atomic E-state index is -0.822. The van der Waals surface area contributed by atoms with Crippen LogP contribution in [0.2, 0.25) is 0 Å². The monoisotopic (exact) mass is 134 g/mol. The Labute approximate surface area is 51.4 Å². The molecule has 0 unspecified atom stereocenters. The van der Waals surface area contributed by atoms with Gasteiger partial charge in [0, 0.05) is 0 Å². The largest absolute Gasteiger partial charge is 0.228 e. The van der Waals surface area contributed by atoms with Gasteiger partial charge in [-0.25, -0.2) is 0 Å². The molecule has 0 aliphatic carbocycles. The van der Waals surface area contributed by atoms with Gasteiger partial charge in [-0.2, -0.15) is 0 Å². The molecule has 0 aliphatic heterocycles. The molecular formula is C4H12N3S+. The maximum absolute atomic E-state index is 3.92. The van der Waals surface area contributed by atoms with E-state index in [0.717, 1.165) is 0 Å². The lowest BCUT2D eigenvalue weighted by Gasteiger charge is -2.05. The van der Waals surface area contributed by atoms with Gasteiger partial charge in [0.25, 0.3) is 0 Å². The average molecular weight is 134 g/mol. The zero-order valence-electron chi connectivity index (χ0n) is 5.75. The lowest BCUT2D eigenvalue weighted by Crippen LogP contribution is -1.84. The van der Waals surface area contributed by atoms with Crippen LogP contribution in [0.4, 0.5) is 0 Å². The van der Waals surface area contributed by atoms with Gasteiger partial charge in [0.2, 0.25) is 4.91 Å². The minimum Gasteiger partial charge on any atom is -0.0736 e. The molecule has 3 nitrogen and oxygen atoms in total. The predicted octanol–water partition coefficient (Wildman–Crippen LogP) is 1.20. The summed E-state index contributed by atoms with van der Waals surface area (Å²) in [5.41, 5.74) is 0. The fourth-order valence-corrected chi connectivity index (χ4v) is 0.438. The molecule has 48 valence electrons. The van der Waals surface area contributed by atoms with Crippen molar-refractivity contribution in [2.75, 3.05) is 25.8 Å². The highest BCUT2D eigenvalue weighted by Gasteiger charge is 2.05. The van der Waals surface area contributed by atoms with Crippen LogP contribution in [0.5, 0.6) is 0 Å². The second kappa shape index (κ2) is 2.84. The molecule has 0 heterocycles. The molecule has 0 aromatic heterocycles. The Morgan fingerprint density at radius 3 is 1.88 bits per heavy atom. The fourth-order valence-electron chi connectivity index (χ4n) is 0.146. The van der Waals surface area contributed by atoms with E-state index in [1.165, 1.54) is 0 Å². The zero-order valence-corrected chi connectivity index (χ0v) is 6.57. The Kier molecular flexibility index (Phi) is 2.72. The van der Waals surface area contributed by atoms with E-state index in [9.17, 15) is 0 Å². The van der Waals surface area contributed by atoms with E-state index in [2.05, 4.69) is 33.3 Å². The maximum Gasteiger partial charge on any atom is 0.228 e. The Morgan fingerprint density at radius 2 is 1.75 bits per heavy atom. The standard InChI is InChI=1S/C4H12N3S/c1-5-6-7-8(2,3)4/h1-4H3/q+1. The summed E-state index contributed by atoms with van der Waals surface area (Å²) in [5.74, 6) is 0. The highest BCUT2D eigenvalue weighted by Crippen LogP contribution is 2.34. The molecule has 0 aromatic rings. The Balaban J connectivity index is 3.89. The Bertz CT molecular complexity index is 118. The van der Waals surface area contributed by atoms with Crippen molar-refractivity contribution < 1.29 is 0 Å². The predicted molar refractivity (Wildman–Crippen MR) is 38.3 cm³/mol. The van der Waals surface area contributed by atoms with Crippen LogP contribution in [0.1, 0.15) is 0 Å². The third-order valence-electron chi connectivity index (χ3n) is 0.371. The van der Waals surface area contributed by atoms with Crippen LogP contribution in [-0.4, -0.2) is 25.8 Å². The molecule has 0 radical (unpaired) electrons. The molecular weight excluding hydrogens is 122 g/mol. The summed E-state index contributed by atoms with van der Waals surface area (Å²) in [6.45, 7) is 0. The molecule has 0 saturated heterocycles. The molecule has 0 aliphatic rings. The molecule has 0 bridgehead atoms. The summed E-state index contributed by atoms with van der Waals surface area (Å²) < 4.78 is 3.92. The topological polar surface area (TPSA) is 38.8 Å². The maximum atomic E-state index is 3.92. The van der Waals surface area contributed by atoms with Crippen molar-refractivity contribution in [3.05, 3.63) is 0 Å². The molecule has 0 aromatic carbocycles. The second-order valence-corrected chi connectivity index (χ2v) is 5.85. The number of hydrogen-bond acceptors (Lipinski definition) is 2. The third-order valence-corrected chi connectivity index (χ3v) is 0.934. The van der Waals surface area contributed by atoms with Gasteiger partial charge in [0.15, 0.2) is 4.52 Å². The van der Waals surface area contributed by atoms with Gasteiger partial charge in [-0.15, -0.1) is 0 Å². The van der Waals surface area contributed by atoms with Crippen molar-refractivity contribution >= 4 is 10.2 Å². The van der Waals surface area contributed by atoms with Crippen LogP contribution in [0.3, 0.4) is 0 Å². The normalized spacial score (nSPS) is 12.0. The van der Waals surface area contributed by atoms with E-state index in [1.807, 2.05) is 0 Å². The smallest absolute Gasteiger partial charge is 0.0736 e. The van der Waals surface area contributed by atoms with Crippen LogP contribution < -0.4 is 4.91 Å². The molecule has 0 saturated carbocycles. The Morgan fingerprint density at radius 1 is 1.25 bits per heavy atom. The summed E-state index contributed by atoms with van der Waals surface area (Å²) in [6.07, 6.45) is 6.17. The number of hydrogen-bond donors (Lipinski definition) is 0. The van der Waals surface area contributed by atoms with Crippen molar-refractivity contribution in [2.24, 2.45) is 9.63 Å². The van der Waals surface area contributed by atoms with Crippen LogP contribution in [0, 0.1) is 0 Å². The van der Waals surface area contributed by atoms with Crippen LogP contribution in [-0.2, 0) is 0 Å². The molecule has 0 atom stereocenters. The minimum absolute atomic E-state index is 0.822. The highest BCUT2D eigenvalue weighted by atomic mass is 32.3. The van der Waals surface area contributed by atoms with E-state index in [4.69, 9.17) is 0 Å². The number of nitrogens with zero attached hydrogens (tertiary/aromatic N) is 3. The van der Waals surface area contributed by atoms with Crippen LogP contribution in [0.25, 0.3) is 0 Å². The van der Waals surface area contributed by atoms with Gasteiger partial charge in [-0.05, 0) is 18.8 Å². The van der Waals surface area contributed by atoms with E-state index in [0.29, 0.717) is 0 Å². The van der Waals surface area contributed by atoms with Crippen molar-refractivity contribution in [3.8, 4) is 0 Å². The van der Waals surface area contributed by atoms with Gasteiger partial charge < -0.3 is 0 Å². The third kappa shape index (κ3) is 5.66. The zero-order chi connectivity index (χ0) is 6.62. The molecule has 0 N–H and O–H groups in total. The van der Waals surface area contributed by atoms with E-state index >= 15 is 0 Å². The first-order valence-corrected chi connectivity index (χ1v) is 5.07. The molecule has 0 fully saturated rings. The van der Waals surface area contributed by atoms with E-state index in [-0.39, 0.29) is 0 Å². The first-order valence-electron chi connectivity index (χ1n) is 2.25. The lowest BCUT2D eigenvalue weighted by atomic mass is 11.6. The lowest BCUT2D eigenvalue weighted by molar-refractivity contribution is 1.06. The Hall–Kier alpha value is -0.340. The summed E-state index contributed by atoms with van der Waals surface area (Å²) in [6, 6.07) is 0. The first kappa shape index (κ1) is 7.66. The average Bonchev–Trinajstić information content (AvgIpc) is 1.59. The molecule has 4 heteroatoms. The fraction of sp³-hybridized carbons (Fsp3) is 1.00. The van der Waals surface area contributed by atoms with Crippen molar-refractivity contribution in [3.63, 3.8) is 0 Å². The quantitative estimate of drug-likeness (QED) is 0.382. The van der Waals surface area contributed by atoms with E-state index < -0.39 is 10.2 Å². The summed E-state index contributed by atoms with van der Waals surface area (Å²) in [5, 5.41) is 3.50. The van der Waals surface area contributed by atoms with Gasteiger partial charge >= 0.3 is 0 Å². The highest BCUT2D eigenvalue weighted by molar-refractivity contribution is 8.30. The first-order chi connectivity index (χ1) is 3.56. The van der Waals surface area contributed by atoms with Crippen LogP contribution >= 0.6 is 10.2 Å². The van der Waals surface area contributed by atoms with Gasteiger partial charge in [-0.1, -0.05) is 10.2 Å². The van der Waals surface area contributed by atoms with Crippen LogP contribution in [0.15, 0.2) is 9.63 Å². The van der Waals surface area contributed by atoms with Crippen molar-refractivity contribution in [1.82, 2.24) is 4.91 Å². The van der Waals surface area contributed by atoms with Crippen molar-refractivity contribution in [1.29, 1.82) is 0 Å². The summed E-state index contributed by atoms with van der Waals surface area (Å²) >= 11 is 0. The van der Waals surface area contributed by atoms with Gasteiger partial charge in [0.1, 0.15) is 12.2 Å². The SMILES string of the molecule is CN=[N+]=NS(C)(C)C. The summed E-state index contributed by atoms with van der Waals surface area (Å²) in [7, 11) is 0.798. The summed E-state index contributed by atoms with van der Waals surface area (Å²) in [4.78, 5) is 3.53. The second-order valence-electron chi connectivity index (χ2n) is 2.14. The molecule has 0 spiro atoms. The molecule has 0 rings (SSSR count). The molecule has 0 amide bonds. The van der Waals surface area contributed by atoms with Gasteiger partial charge in [0.05, 0.1) is 0 Å². The van der Waals surface area contributed by atoms with E-state index in [1.54, 1.807) is 7.05 Å². The van der Waals surface area contributed by atoms with Crippen molar-refractivity contribution in [2.45, 2.75) is 0 Å².